The van der Waals surface area contributed by atoms with E-state index in [1.807, 2.05) is 49.4 Å². The molecule has 0 N–H and O–H groups in total. The third-order valence-corrected chi connectivity index (χ3v) is 3.26. The number of carbonyl (C=O) groups is 1. The lowest BCUT2D eigenvalue weighted by molar-refractivity contribution is 0.0443. The summed E-state index contributed by atoms with van der Waals surface area (Å²) in [6, 6.07) is 15.1. The molecule has 2 aromatic carbocycles. The van der Waals surface area contributed by atoms with Crippen molar-refractivity contribution in [2.75, 3.05) is 13.2 Å². The monoisotopic (exact) mass is 308 g/mol. The molecular formula is C18H16N2O3. The predicted molar refractivity (Wildman–Crippen MR) is 86.5 cm³/mol. The molecule has 3 aromatic rings. The summed E-state index contributed by atoms with van der Waals surface area (Å²) in [5.41, 5.74) is 2.77. The molecule has 5 nitrogen and oxygen atoms in total. The SMILES string of the molecule is Cc1ccc(OCCOC(=O)c2cnc3ccccc3n2)cc1. The Morgan fingerprint density at radius 1 is 1.00 bits per heavy atom. The van der Waals surface area contributed by atoms with Gasteiger partial charge in [-0.05, 0) is 31.2 Å². The van der Waals surface area contributed by atoms with Gasteiger partial charge in [0, 0.05) is 0 Å². The number of para-hydroxylation sites is 2. The number of esters is 1. The van der Waals surface area contributed by atoms with Crippen LogP contribution in [-0.2, 0) is 4.74 Å². The fraction of sp³-hybridized carbons (Fsp3) is 0.167. The van der Waals surface area contributed by atoms with Crippen molar-refractivity contribution in [2.45, 2.75) is 6.92 Å². The van der Waals surface area contributed by atoms with Crippen LogP contribution in [0.4, 0.5) is 0 Å². The highest BCUT2D eigenvalue weighted by Gasteiger charge is 2.10. The van der Waals surface area contributed by atoms with Crippen LogP contribution in [0.5, 0.6) is 5.75 Å². The Morgan fingerprint density at radius 3 is 2.52 bits per heavy atom. The molecule has 0 atom stereocenters. The van der Waals surface area contributed by atoms with Gasteiger partial charge in [-0.25, -0.2) is 9.78 Å². The molecule has 0 saturated carbocycles. The van der Waals surface area contributed by atoms with Gasteiger partial charge in [0.15, 0.2) is 5.69 Å². The topological polar surface area (TPSA) is 61.3 Å². The number of aromatic nitrogens is 2. The second-order valence-electron chi connectivity index (χ2n) is 5.04. The highest BCUT2D eigenvalue weighted by Crippen LogP contribution is 2.11. The maximum Gasteiger partial charge on any atom is 0.358 e. The van der Waals surface area contributed by atoms with E-state index in [0.717, 1.165) is 11.3 Å². The number of fused-ring (bicyclic) bond motifs is 1. The van der Waals surface area contributed by atoms with Crippen molar-refractivity contribution >= 4 is 17.0 Å². The van der Waals surface area contributed by atoms with Crippen molar-refractivity contribution in [3.8, 4) is 5.75 Å². The number of rotatable bonds is 5. The lowest BCUT2D eigenvalue weighted by atomic mass is 10.2. The van der Waals surface area contributed by atoms with Crippen molar-refractivity contribution in [2.24, 2.45) is 0 Å². The van der Waals surface area contributed by atoms with Crippen LogP contribution in [0.3, 0.4) is 0 Å². The first kappa shape index (κ1) is 15.0. The summed E-state index contributed by atoms with van der Waals surface area (Å²) in [7, 11) is 0. The van der Waals surface area contributed by atoms with E-state index in [-0.39, 0.29) is 18.9 Å². The van der Waals surface area contributed by atoms with Gasteiger partial charge in [-0.3, -0.25) is 4.98 Å². The van der Waals surface area contributed by atoms with Gasteiger partial charge in [0.2, 0.25) is 0 Å². The van der Waals surface area contributed by atoms with Crippen LogP contribution in [-0.4, -0.2) is 29.2 Å². The van der Waals surface area contributed by atoms with Gasteiger partial charge in [0.25, 0.3) is 0 Å². The highest BCUT2D eigenvalue weighted by molar-refractivity contribution is 5.89. The maximum atomic E-state index is 12.0. The molecule has 1 aromatic heterocycles. The van der Waals surface area contributed by atoms with E-state index in [2.05, 4.69) is 9.97 Å². The van der Waals surface area contributed by atoms with Crippen LogP contribution in [0.1, 0.15) is 16.1 Å². The number of hydrogen-bond acceptors (Lipinski definition) is 5. The second-order valence-corrected chi connectivity index (χ2v) is 5.04. The minimum atomic E-state index is -0.504. The minimum Gasteiger partial charge on any atom is -0.490 e. The van der Waals surface area contributed by atoms with E-state index in [1.165, 1.54) is 11.8 Å². The summed E-state index contributed by atoms with van der Waals surface area (Å²) in [5.74, 6) is 0.243. The Kier molecular flexibility index (Phi) is 4.47. The van der Waals surface area contributed by atoms with Gasteiger partial charge in [-0.2, -0.15) is 0 Å². The van der Waals surface area contributed by atoms with Crippen LogP contribution in [0, 0.1) is 6.92 Å². The van der Waals surface area contributed by atoms with Crippen LogP contribution >= 0.6 is 0 Å². The minimum absolute atomic E-state index is 0.154. The highest BCUT2D eigenvalue weighted by atomic mass is 16.6. The van der Waals surface area contributed by atoms with E-state index in [0.29, 0.717) is 5.52 Å². The Morgan fingerprint density at radius 2 is 1.74 bits per heavy atom. The van der Waals surface area contributed by atoms with Crippen molar-refractivity contribution in [1.29, 1.82) is 0 Å². The molecule has 0 radical (unpaired) electrons. The number of nitrogens with zero attached hydrogens (tertiary/aromatic N) is 2. The molecule has 23 heavy (non-hydrogen) atoms. The maximum absolute atomic E-state index is 12.0. The summed E-state index contributed by atoms with van der Waals surface area (Å²) >= 11 is 0. The van der Waals surface area contributed by atoms with E-state index in [1.54, 1.807) is 6.07 Å². The van der Waals surface area contributed by atoms with Crippen LogP contribution in [0.25, 0.3) is 11.0 Å². The van der Waals surface area contributed by atoms with E-state index < -0.39 is 5.97 Å². The van der Waals surface area contributed by atoms with Gasteiger partial charge in [0.1, 0.15) is 19.0 Å². The Labute approximate surface area is 133 Å². The molecule has 0 aliphatic heterocycles. The summed E-state index contributed by atoms with van der Waals surface area (Å²) in [6.45, 7) is 2.45. The lowest BCUT2D eigenvalue weighted by Crippen LogP contribution is -2.13. The first-order valence-electron chi connectivity index (χ1n) is 7.31. The molecule has 0 unspecified atom stereocenters. The molecule has 0 amide bonds. The van der Waals surface area contributed by atoms with Crippen molar-refractivity contribution in [3.05, 3.63) is 66.0 Å². The number of benzene rings is 2. The predicted octanol–water partition coefficient (Wildman–Crippen LogP) is 3.17. The van der Waals surface area contributed by atoms with Crippen LogP contribution < -0.4 is 4.74 Å². The zero-order valence-corrected chi connectivity index (χ0v) is 12.7. The van der Waals surface area contributed by atoms with Gasteiger partial charge >= 0.3 is 5.97 Å². The molecule has 0 saturated heterocycles. The quantitative estimate of drug-likeness (QED) is 0.535. The third kappa shape index (κ3) is 3.83. The largest absolute Gasteiger partial charge is 0.490 e. The normalized spacial score (nSPS) is 10.5. The van der Waals surface area contributed by atoms with E-state index in [9.17, 15) is 4.79 Å². The average Bonchev–Trinajstić information content (AvgIpc) is 2.59. The molecule has 0 aliphatic carbocycles. The lowest BCUT2D eigenvalue weighted by Gasteiger charge is -2.07. The number of aryl methyl sites for hydroxylation is 1. The summed E-state index contributed by atoms with van der Waals surface area (Å²) in [4.78, 5) is 20.4. The van der Waals surface area contributed by atoms with Crippen molar-refractivity contribution < 1.29 is 14.3 Å². The molecule has 3 rings (SSSR count). The molecule has 0 spiro atoms. The van der Waals surface area contributed by atoms with Gasteiger partial charge < -0.3 is 9.47 Å². The molecule has 1 heterocycles. The van der Waals surface area contributed by atoms with Gasteiger partial charge in [-0.1, -0.05) is 29.8 Å². The van der Waals surface area contributed by atoms with Gasteiger partial charge in [-0.15, -0.1) is 0 Å². The summed E-state index contributed by atoms with van der Waals surface area (Å²) in [6.07, 6.45) is 1.42. The Hall–Kier alpha value is -2.95. The smallest absolute Gasteiger partial charge is 0.358 e. The van der Waals surface area contributed by atoms with Crippen LogP contribution in [0.15, 0.2) is 54.7 Å². The molecular weight excluding hydrogens is 292 g/mol. The average molecular weight is 308 g/mol. The van der Waals surface area contributed by atoms with Crippen molar-refractivity contribution in [3.63, 3.8) is 0 Å². The zero-order valence-electron chi connectivity index (χ0n) is 12.7. The zero-order chi connectivity index (χ0) is 16.1. The fourth-order valence-corrected chi connectivity index (χ4v) is 2.06. The molecule has 5 heteroatoms. The Bertz CT molecular complexity index is 816. The van der Waals surface area contributed by atoms with E-state index >= 15 is 0 Å². The van der Waals surface area contributed by atoms with Gasteiger partial charge in [0.05, 0.1) is 17.2 Å². The molecule has 0 fully saturated rings. The second kappa shape index (κ2) is 6.87. The first-order valence-corrected chi connectivity index (χ1v) is 7.31. The standard InChI is InChI=1S/C18H16N2O3/c1-13-6-8-14(9-7-13)22-10-11-23-18(21)17-12-19-15-4-2-3-5-16(15)20-17/h2-9,12H,10-11H2,1H3. The molecule has 0 bridgehead atoms. The fourth-order valence-electron chi connectivity index (χ4n) is 2.06. The summed E-state index contributed by atoms with van der Waals surface area (Å²) < 4.78 is 10.7. The first-order chi connectivity index (χ1) is 11.2. The Balaban J connectivity index is 1.53. The molecule has 0 aliphatic rings. The van der Waals surface area contributed by atoms with E-state index in [4.69, 9.17) is 9.47 Å². The number of carbonyl (C=O) groups excluding carboxylic acids is 1. The van der Waals surface area contributed by atoms with Crippen LogP contribution in [0.2, 0.25) is 0 Å². The number of ether oxygens (including phenoxy) is 2. The van der Waals surface area contributed by atoms with Crippen molar-refractivity contribution in [1.82, 2.24) is 9.97 Å². The molecule has 116 valence electrons. The summed E-state index contributed by atoms with van der Waals surface area (Å²) in [5, 5.41) is 0. The number of hydrogen-bond donors (Lipinski definition) is 0. The third-order valence-electron chi connectivity index (χ3n) is 3.26.